The van der Waals surface area contributed by atoms with Crippen molar-refractivity contribution in [2.45, 2.75) is 52.0 Å². The summed E-state index contributed by atoms with van der Waals surface area (Å²) in [7, 11) is 0. The highest BCUT2D eigenvalue weighted by atomic mass is 16.1. The van der Waals surface area contributed by atoms with Crippen LogP contribution in [-0.2, 0) is 5.41 Å². The molecule has 98 valence electrons. The van der Waals surface area contributed by atoms with Crippen LogP contribution in [0.25, 0.3) is 0 Å². The zero-order valence-corrected chi connectivity index (χ0v) is 11.8. The number of carbonyl (C=O) groups is 1. The largest absolute Gasteiger partial charge is 0.349 e. The molecule has 1 atom stereocenters. The summed E-state index contributed by atoms with van der Waals surface area (Å²) < 4.78 is 0. The van der Waals surface area contributed by atoms with E-state index in [-0.39, 0.29) is 11.3 Å². The first-order valence-corrected chi connectivity index (χ1v) is 6.79. The van der Waals surface area contributed by atoms with Gasteiger partial charge in [0.2, 0.25) is 0 Å². The predicted molar refractivity (Wildman–Crippen MR) is 74.8 cm³/mol. The first kappa shape index (κ1) is 13.1. The van der Waals surface area contributed by atoms with Gasteiger partial charge < -0.3 is 5.32 Å². The van der Waals surface area contributed by atoms with E-state index in [4.69, 9.17) is 0 Å². The molecular weight excluding hydrogens is 222 g/mol. The molecule has 1 aliphatic carbocycles. The summed E-state index contributed by atoms with van der Waals surface area (Å²) in [4.78, 5) is 12.0. The quantitative estimate of drug-likeness (QED) is 0.867. The van der Waals surface area contributed by atoms with E-state index in [0.717, 1.165) is 5.56 Å². The minimum Gasteiger partial charge on any atom is -0.349 e. The Morgan fingerprint density at radius 1 is 1.22 bits per heavy atom. The molecule has 0 aromatic heterocycles. The van der Waals surface area contributed by atoms with Crippen molar-refractivity contribution in [1.29, 1.82) is 0 Å². The average molecular weight is 245 g/mol. The van der Waals surface area contributed by atoms with Gasteiger partial charge >= 0.3 is 0 Å². The normalized spacial score (nSPS) is 17.3. The van der Waals surface area contributed by atoms with Crippen molar-refractivity contribution in [2.24, 2.45) is 5.92 Å². The van der Waals surface area contributed by atoms with Crippen molar-refractivity contribution in [2.75, 3.05) is 0 Å². The first-order chi connectivity index (χ1) is 8.38. The molecule has 2 rings (SSSR count). The van der Waals surface area contributed by atoms with Crippen LogP contribution in [0.2, 0.25) is 0 Å². The second kappa shape index (κ2) is 4.75. The lowest BCUT2D eigenvalue weighted by Gasteiger charge is -2.19. The highest BCUT2D eigenvalue weighted by Gasteiger charge is 2.29. The maximum atomic E-state index is 12.0. The molecule has 0 saturated heterocycles. The second-order valence-corrected chi connectivity index (χ2v) is 6.43. The first-order valence-electron chi connectivity index (χ1n) is 6.79. The van der Waals surface area contributed by atoms with Crippen LogP contribution < -0.4 is 5.32 Å². The van der Waals surface area contributed by atoms with Gasteiger partial charge in [0, 0.05) is 11.6 Å². The molecule has 1 N–H and O–H groups in total. The summed E-state index contributed by atoms with van der Waals surface area (Å²) >= 11 is 0. The molecule has 1 aromatic carbocycles. The van der Waals surface area contributed by atoms with Crippen LogP contribution in [0.5, 0.6) is 0 Å². The van der Waals surface area contributed by atoms with E-state index < -0.39 is 0 Å². The van der Waals surface area contributed by atoms with Crippen molar-refractivity contribution in [3.63, 3.8) is 0 Å². The molecule has 0 aliphatic heterocycles. The van der Waals surface area contributed by atoms with Gasteiger partial charge in [0.1, 0.15) is 0 Å². The van der Waals surface area contributed by atoms with E-state index in [9.17, 15) is 4.79 Å². The smallest absolute Gasteiger partial charge is 0.251 e. The molecule has 18 heavy (non-hydrogen) atoms. The zero-order chi connectivity index (χ0) is 13.3. The second-order valence-electron chi connectivity index (χ2n) is 6.43. The van der Waals surface area contributed by atoms with Gasteiger partial charge in [-0.1, -0.05) is 32.9 Å². The van der Waals surface area contributed by atoms with E-state index in [1.54, 1.807) is 0 Å². The topological polar surface area (TPSA) is 29.1 Å². The molecule has 0 radical (unpaired) electrons. The molecule has 1 unspecified atom stereocenters. The monoisotopic (exact) mass is 245 g/mol. The van der Waals surface area contributed by atoms with E-state index in [1.807, 2.05) is 12.1 Å². The molecule has 0 spiro atoms. The van der Waals surface area contributed by atoms with Gasteiger partial charge in [-0.3, -0.25) is 4.79 Å². The average Bonchev–Trinajstić information content (AvgIpc) is 3.11. The van der Waals surface area contributed by atoms with Crippen LogP contribution >= 0.6 is 0 Å². The minimum atomic E-state index is 0.0508. The van der Waals surface area contributed by atoms with Crippen molar-refractivity contribution in [3.8, 4) is 0 Å². The van der Waals surface area contributed by atoms with Gasteiger partial charge in [-0.05, 0) is 48.8 Å². The van der Waals surface area contributed by atoms with Crippen LogP contribution in [-0.4, -0.2) is 11.9 Å². The van der Waals surface area contributed by atoms with Crippen LogP contribution in [0, 0.1) is 5.92 Å². The van der Waals surface area contributed by atoms with Gasteiger partial charge in [0.15, 0.2) is 0 Å². The fourth-order valence-electron chi connectivity index (χ4n) is 2.13. The van der Waals surface area contributed by atoms with E-state index in [0.29, 0.717) is 12.0 Å². The Bertz CT molecular complexity index is 423. The summed E-state index contributed by atoms with van der Waals surface area (Å²) in [6.45, 7) is 8.63. The Morgan fingerprint density at radius 3 is 2.22 bits per heavy atom. The number of rotatable bonds is 3. The Morgan fingerprint density at radius 2 is 1.78 bits per heavy atom. The summed E-state index contributed by atoms with van der Waals surface area (Å²) in [5.41, 5.74) is 2.15. The Kier molecular flexibility index (Phi) is 3.47. The van der Waals surface area contributed by atoms with Crippen LogP contribution in [0.1, 0.15) is 56.5 Å². The van der Waals surface area contributed by atoms with Crippen LogP contribution in [0.4, 0.5) is 0 Å². The summed E-state index contributed by atoms with van der Waals surface area (Å²) in [5.74, 6) is 0.748. The Labute approximate surface area is 110 Å². The molecule has 2 heteroatoms. The number of nitrogens with one attached hydrogen (secondary N) is 1. The van der Waals surface area contributed by atoms with Gasteiger partial charge in [-0.25, -0.2) is 0 Å². The number of hydrogen-bond donors (Lipinski definition) is 1. The summed E-state index contributed by atoms with van der Waals surface area (Å²) in [6, 6.07) is 8.26. The third-order valence-electron chi connectivity index (χ3n) is 3.70. The molecule has 1 amide bonds. The third kappa shape index (κ3) is 3.12. The summed E-state index contributed by atoms with van der Waals surface area (Å²) in [5, 5.41) is 3.08. The Hall–Kier alpha value is -1.31. The fourth-order valence-corrected chi connectivity index (χ4v) is 2.13. The summed E-state index contributed by atoms with van der Waals surface area (Å²) in [6.07, 6.45) is 2.51. The molecule has 1 saturated carbocycles. The van der Waals surface area contributed by atoms with Gasteiger partial charge in [0.05, 0.1) is 0 Å². The zero-order valence-electron chi connectivity index (χ0n) is 11.8. The maximum absolute atomic E-state index is 12.0. The highest BCUT2D eigenvalue weighted by Crippen LogP contribution is 2.32. The molecule has 0 heterocycles. The van der Waals surface area contributed by atoms with Crippen molar-refractivity contribution in [1.82, 2.24) is 5.32 Å². The lowest BCUT2D eigenvalue weighted by Crippen LogP contribution is -2.34. The van der Waals surface area contributed by atoms with Gasteiger partial charge in [-0.2, -0.15) is 0 Å². The van der Waals surface area contributed by atoms with E-state index >= 15 is 0 Å². The van der Waals surface area contributed by atoms with Crippen molar-refractivity contribution in [3.05, 3.63) is 35.4 Å². The maximum Gasteiger partial charge on any atom is 0.251 e. The molecule has 1 fully saturated rings. The lowest BCUT2D eigenvalue weighted by atomic mass is 9.86. The third-order valence-corrected chi connectivity index (χ3v) is 3.70. The molecule has 1 aromatic rings. The Balaban J connectivity index is 2.02. The molecule has 2 nitrogen and oxygen atoms in total. The standard InChI is InChI=1S/C16H23NO/c1-11(12-5-6-12)17-15(18)13-7-9-14(10-8-13)16(2,3)4/h7-12H,5-6H2,1-4H3,(H,17,18). The minimum absolute atomic E-state index is 0.0508. The SMILES string of the molecule is CC(NC(=O)c1ccc(C(C)(C)C)cc1)C1CC1. The van der Waals surface area contributed by atoms with Crippen LogP contribution in [0.15, 0.2) is 24.3 Å². The predicted octanol–water partition coefficient (Wildman–Crippen LogP) is 3.51. The number of hydrogen-bond acceptors (Lipinski definition) is 1. The lowest BCUT2D eigenvalue weighted by molar-refractivity contribution is 0.0936. The van der Waals surface area contributed by atoms with E-state index in [1.165, 1.54) is 18.4 Å². The van der Waals surface area contributed by atoms with Gasteiger partial charge in [-0.15, -0.1) is 0 Å². The van der Waals surface area contributed by atoms with E-state index in [2.05, 4.69) is 45.1 Å². The highest BCUT2D eigenvalue weighted by molar-refractivity contribution is 5.94. The van der Waals surface area contributed by atoms with Gasteiger partial charge in [0.25, 0.3) is 5.91 Å². The number of amides is 1. The molecule has 1 aliphatic rings. The molecule has 0 bridgehead atoms. The van der Waals surface area contributed by atoms with Crippen molar-refractivity contribution < 1.29 is 4.79 Å². The number of benzene rings is 1. The fraction of sp³-hybridized carbons (Fsp3) is 0.562. The molecular formula is C16H23NO. The van der Waals surface area contributed by atoms with Crippen LogP contribution in [0.3, 0.4) is 0 Å². The van der Waals surface area contributed by atoms with Crippen molar-refractivity contribution >= 4 is 5.91 Å². The number of carbonyl (C=O) groups excluding carboxylic acids is 1.